The number of hydrogen-bond donors (Lipinski definition) is 3. The number of amides is 2. The summed E-state index contributed by atoms with van der Waals surface area (Å²) in [5.74, 6) is -2.60. The molecule has 0 saturated heterocycles. The smallest absolute Gasteiger partial charge is 0.328 e. The summed E-state index contributed by atoms with van der Waals surface area (Å²) in [6.07, 6.45) is 1.12. The summed E-state index contributed by atoms with van der Waals surface area (Å²) < 4.78 is 25.0. The van der Waals surface area contributed by atoms with Gasteiger partial charge in [0.05, 0.1) is 10.6 Å². The zero-order valence-electron chi connectivity index (χ0n) is 20.5. The van der Waals surface area contributed by atoms with Crippen molar-refractivity contribution in [3.05, 3.63) is 42.0 Å². The van der Waals surface area contributed by atoms with E-state index in [1.807, 2.05) is 20.8 Å². The third-order valence-electron chi connectivity index (χ3n) is 4.83. The van der Waals surface area contributed by atoms with Crippen LogP contribution in [0.4, 0.5) is 4.79 Å². The van der Waals surface area contributed by atoms with Gasteiger partial charge in [0.15, 0.2) is 9.84 Å². The van der Waals surface area contributed by atoms with Gasteiger partial charge in [-0.15, -0.1) is 0 Å². The molecule has 0 fully saturated rings. The molecule has 1 aromatic carbocycles. The molecular weight excluding hydrogens is 462 g/mol. The predicted octanol–water partition coefficient (Wildman–Crippen LogP) is 2.24. The maximum atomic E-state index is 12.5. The van der Waals surface area contributed by atoms with Gasteiger partial charge in [-0.25, -0.2) is 22.8 Å². The lowest BCUT2D eigenvalue weighted by atomic mass is 10.2. The molecular formula is C23H37N3O7S. The summed E-state index contributed by atoms with van der Waals surface area (Å²) in [7, 11) is -3.41. The molecule has 3 N–H and O–H groups in total. The summed E-state index contributed by atoms with van der Waals surface area (Å²) in [6, 6.07) is 6.52. The number of rotatable bonds is 12. The number of carboxylic acids is 2. The van der Waals surface area contributed by atoms with Crippen molar-refractivity contribution < 1.29 is 33.0 Å². The minimum absolute atomic E-state index is 0.0725. The van der Waals surface area contributed by atoms with Crippen LogP contribution in [-0.4, -0.2) is 90.9 Å². The summed E-state index contributed by atoms with van der Waals surface area (Å²) in [4.78, 5) is 35.7. The van der Waals surface area contributed by atoms with Crippen LogP contribution in [0, 0.1) is 6.92 Å². The molecule has 0 aliphatic rings. The molecule has 0 saturated carbocycles. The Labute approximate surface area is 202 Å². The fraction of sp³-hybridized carbons (Fsp3) is 0.522. The maximum Gasteiger partial charge on any atom is 0.328 e. The molecule has 1 rings (SSSR count). The highest BCUT2D eigenvalue weighted by atomic mass is 32.2. The van der Waals surface area contributed by atoms with Gasteiger partial charge >= 0.3 is 18.0 Å². The standard InChI is InChI=1S/C19H33N3O3S.C4H4O4/c1-6-21(7-2)13-12-20-19(23)22(16(3)4)14-15-26(24,25)18-10-8-17(5)9-11-18;5-3(6)1-2-4(7)8/h8-11,16H,6-7,12-15H2,1-5H3,(H,20,23);1-2H,(H,5,6)(H,7,8)/b;2-1-. The third-order valence-corrected chi connectivity index (χ3v) is 6.54. The number of nitrogens with zero attached hydrogens (tertiary/aromatic N) is 2. The van der Waals surface area contributed by atoms with Crippen LogP contribution in [0.2, 0.25) is 0 Å². The molecule has 0 heterocycles. The Morgan fingerprint density at radius 2 is 1.47 bits per heavy atom. The monoisotopic (exact) mass is 499 g/mol. The number of hydrogen-bond acceptors (Lipinski definition) is 6. The van der Waals surface area contributed by atoms with Crippen LogP contribution in [0.1, 0.15) is 33.3 Å². The lowest BCUT2D eigenvalue weighted by molar-refractivity contribution is -0.134. The summed E-state index contributed by atoms with van der Waals surface area (Å²) >= 11 is 0. The van der Waals surface area contributed by atoms with E-state index >= 15 is 0 Å². The highest BCUT2D eigenvalue weighted by Gasteiger charge is 2.21. The van der Waals surface area contributed by atoms with Crippen LogP contribution in [-0.2, 0) is 19.4 Å². The van der Waals surface area contributed by atoms with Crippen LogP contribution >= 0.6 is 0 Å². The van der Waals surface area contributed by atoms with Crippen LogP contribution in [0.25, 0.3) is 0 Å². The number of likely N-dealkylation sites (N-methyl/N-ethyl adjacent to an activating group) is 1. The highest BCUT2D eigenvalue weighted by Crippen LogP contribution is 2.13. The molecule has 10 nitrogen and oxygen atoms in total. The van der Waals surface area contributed by atoms with E-state index in [1.165, 1.54) is 0 Å². The molecule has 0 spiro atoms. The Bertz CT molecular complexity index is 893. The first-order valence-corrected chi connectivity index (χ1v) is 12.7. The second kappa shape index (κ2) is 15.8. The number of benzene rings is 1. The zero-order valence-corrected chi connectivity index (χ0v) is 21.3. The topological polar surface area (TPSA) is 144 Å². The van der Waals surface area contributed by atoms with E-state index in [4.69, 9.17) is 10.2 Å². The second-order valence-corrected chi connectivity index (χ2v) is 9.80. The van der Waals surface area contributed by atoms with Crippen LogP contribution in [0.15, 0.2) is 41.3 Å². The first kappa shape index (κ1) is 31.1. The number of carboxylic acid groups (broad SMARTS) is 2. The predicted molar refractivity (Wildman–Crippen MR) is 131 cm³/mol. The third kappa shape index (κ3) is 12.9. The van der Waals surface area contributed by atoms with Crippen molar-refractivity contribution in [1.82, 2.24) is 15.1 Å². The molecule has 0 bridgehead atoms. The van der Waals surface area contributed by atoms with Crippen LogP contribution in [0.3, 0.4) is 0 Å². The molecule has 192 valence electrons. The quantitative estimate of drug-likeness (QED) is 0.371. The van der Waals surface area contributed by atoms with E-state index in [0.29, 0.717) is 23.6 Å². The molecule has 0 aliphatic heterocycles. The maximum absolute atomic E-state index is 12.5. The Balaban J connectivity index is 0.00000116. The fourth-order valence-corrected chi connectivity index (χ4v) is 4.00. The average molecular weight is 500 g/mol. The van der Waals surface area contributed by atoms with Crippen molar-refractivity contribution in [2.45, 2.75) is 45.6 Å². The van der Waals surface area contributed by atoms with Gasteiger partial charge in [0.2, 0.25) is 0 Å². The van der Waals surface area contributed by atoms with E-state index in [2.05, 4.69) is 24.1 Å². The molecule has 0 aromatic heterocycles. The van der Waals surface area contributed by atoms with Crippen molar-refractivity contribution in [3.63, 3.8) is 0 Å². The SMILES string of the molecule is CCN(CC)CCNC(=O)N(CCS(=O)(=O)c1ccc(C)cc1)C(C)C.O=C(O)/C=C\C(=O)O. The molecule has 0 atom stereocenters. The largest absolute Gasteiger partial charge is 0.478 e. The molecule has 11 heteroatoms. The van der Waals surface area contributed by atoms with Crippen LogP contribution in [0.5, 0.6) is 0 Å². The first-order chi connectivity index (χ1) is 15.8. The molecule has 0 unspecified atom stereocenters. The van der Waals surface area contributed by atoms with E-state index < -0.39 is 21.8 Å². The number of sulfone groups is 1. The number of nitrogens with one attached hydrogen (secondary N) is 1. The van der Waals surface area contributed by atoms with Gasteiger partial charge in [-0.2, -0.15) is 0 Å². The van der Waals surface area contributed by atoms with Crippen molar-refractivity contribution in [3.8, 4) is 0 Å². The lowest BCUT2D eigenvalue weighted by Crippen LogP contribution is -2.47. The summed E-state index contributed by atoms with van der Waals surface area (Å²) in [5.41, 5.74) is 1.01. The first-order valence-electron chi connectivity index (χ1n) is 11.0. The van der Waals surface area contributed by atoms with Crippen molar-refractivity contribution in [2.75, 3.05) is 38.5 Å². The van der Waals surface area contributed by atoms with Gasteiger partial charge in [-0.1, -0.05) is 31.5 Å². The van der Waals surface area contributed by atoms with Gasteiger partial charge in [-0.05, 0) is 46.0 Å². The normalized spacial score (nSPS) is 11.3. The molecule has 2 amide bonds. The summed E-state index contributed by atoms with van der Waals surface area (Å²) in [6.45, 7) is 13.3. The minimum atomic E-state index is -3.41. The summed E-state index contributed by atoms with van der Waals surface area (Å²) in [5, 5.41) is 18.5. The zero-order chi connectivity index (χ0) is 26.3. The van der Waals surface area contributed by atoms with E-state index in [-0.39, 0.29) is 24.4 Å². The Kier molecular flexibility index (Phi) is 14.5. The molecule has 34 heavy (non-hydrogen) atoms. The number of carbonyl (C=O) groups excluding carboxylic acids is 1. The number of carbonyl (C=O) groups is 3. The lowest BCUT2D eigenvalue weighted by Gasteiger charge is -2.27. The Hall–Kier alpha value is -2.92. The van der Waals surface area contributed by atoms with Gasteiger partial charge in [-0.3, -0.25) is 0 Å². The number of aryl methyl sites for hydroxylation is 1. The van der Waals surface area contributed by atoms with E-state index in [0.717, 1.165) is 25.2 Å². The second-order valence-electron chi connectivity index (χ2n) is 7.69. The average Bonchev–Trinajstić information content (AvgIpc) is 2.76. The van der Waals surface area contributed by atoms with Crippen molar-refractivity contribution >= 4 is 27.8 Å². The molecule has 0 radical (unpaired) electrons. The van der Waals surface area contributed by atoms with Gasteiger partial charge in [0.25, 0.3) is 0 Å². The van der Waals surface area contributed by atoms with Gasteiger partial charge in [0.1, 0.15) is 0 Å². The van der Waals surface area contributed by atoms with Gasteiger partial charge < -0.3 is 25.3 Å². The Morgan fingerprint density at radius 1 is 0.971 bits per heavy atom. The van der Waals surface area contributed by atoms with E-state index in [1.54, 1.807) is 29.2 Å². The Morgan fingerprint density at radius 3 is 1.88 bits per heavy atom. The van der Waals surface area contributed by atoms with E-state index in [9.17, 15) is 22.8 Å². The van der Waals surface area contributed by atoms with Gasteiger partial charge in [0, 0.05) is 37.8 Å². The highest BCUT2D eigenvalue weighted by molar-refractivity contribution is 7.91. The fourth-order valence-electron chi connectivity index (χ4n) is 2.78. The van der Waals surface area contributed by atoms with Crippen molar-refractivity contribution in [2.24, 2.45) is 0 Å². The number of aliphatic carboxylic acids is 2. The number of urea groups is 1. The van der Waals surface area contributed by atoms with Crippen LogP contribution < -0.4 is 5.32 Å². The molecule has 1 aromatic rings. The molecule has 0 aliphatic carbocycles. The minimum Gasteiger partial charge on any atom is -0.478 e. The van der Waals surface area contributed by atoms with Crippen molar-refractivity contribution in [1.29, 1.82) is 0 Å².